The van der Waals surface area contributed by atoms with Crippen LogP contribution in [0.5, 0.6) is 0 Å². The lowest BCUT2D eigenvalue weighted by molar-refractivity contribution is 0.295. The quantitative estimate of drug-likeness (QED) is 0.763. The van der Waals surface area contributed by atoms with E-state index in [1.807, 2.05) is 7.05 Å². The Morgan fingerprint density at radius 1 is 1.10 bits per heavy atom. The van der Waals surface area contributed by atoms with Gasteiger partial charge in [-0.25, -0.2) is 0 Å². The fourth-order valence-electron chi connectivity index (χ4n) is 3.63. The highest BCUT2D eigenvalue weighted by atomic mass is 32.1. The number of nitrogens with zero attached hydrogens (tertiary/aromatic N) is 1. The van der Waals surface area contributed by atoms with Crippen molar-refractivity contribution >= 4 is 17.3 Å². The predicted octanol–water partition coefficient (Wildman–Crippen LogP) is 2.91. The highest BCUT2D eigenvalue weighted by Crippen LogP contribution is 2.27. The fourth-order valence-corrected chi connectivity index (χ4v) is 3.98. The summed E-state index contributed by atoms with van der Waals surface area (Å²) in [6.45, 7) is 3.30. The van der Waals surface area contributed by atoms with Crippen molar-refractivity contribution in [3.63, 3.8) is 0 Å². The van der Waals surface area contributed by atoms with Gasteiger partial charge in [0.05, 0.1) is 0 Å². The Balaban J connectivity index is 1.79. The summed E-state index contributed by atoms with van der Waals surface area (Å²) in [5.41, 5.74) is 0. The van der Waals surface area contributed by atoms with Crippen LogP contribution < -0.4 is 10.6 Å². The molecule has 0 radical (unpaired) electrons. The third kappa shape index (κ3) is 5.21. The summed E-state index contributed by atoms with van der Waals surface area (Å²) in [6.07, 6.45) is 12.3. The van der Waals surface area contributed by atoms with Crippen LogP contribution in [0.15, 0.2) is 0 Å². The number of thiocarbonyl (C=S) groups is 1. The summed E-state index contributed by atoms with van der Waals surface area (Å²) in [5.74, 6) is 0.902. The molecule has 1 atom stereocenters. The highest BCUT2D eigenvalue weighted by molar-refractivity contribution is 7.80. The number of likely N-dealkylation sites (tertiary alicyclic amines) is 1. The number of hydrogen-bond donors (Lipinski definition) is 2. The topological polar surface area (TPSA) is 27.3 Å². The molecule has 2 aliphatic rings. The second-order valence-electron chi connectivity index (χ2n) is 6.49. The Morgan fingerprint density at radius 2 is 1.75 bits per heavy atom. The fraction of sp³-hybridized carbons (Fsp3) is 0.938. The van der Waals surface area contributed by atoms with Crippen molar-refractivity contribution in [1.29, 1.82) is 0 Å². The van der Waals surface area contributed by atoms with Crippen molar-refractivity contribution in [3.05, 3.63) is 0 Å². The zero-order valence-corrected chi connectivity index (χ0v) is 13.8. The highest BCUT2D eigenvalue weighted by Gasteiger charge is 2.21. The Kier molecular flexibility index (Phi) is 7.08. The van der Waals surface area contributed by atoms with Crippen LogP contribution >= 0.6 is 12.2 Å². The van der Waals surface area contributed by atoms with Crippen LogP contribution in [0.2, 0.25) is 0 Å². The van der Waals surface area contributed by atoms with E-state index in [0.29, 0.717) is 6.04 Å². The van der Waals surface area contributed by atoms with Crippen molar-refractivity contribution in [1.82, 2.24) is 15.5 Å². The van der Waals surface area contributed by atoms with Crippen LogP contribution in [0.3, 0.4) is 0 Å². The number of likely N-dealkylation sites (N-methyl/N-ethyl adjacent to an activating group) is 1. The van der Waals surface area contributed by atoms with Gasteiger partial charge in [0, 0.05) is 25.7 Å². The average molecular weight is 298 g/mol. The van der Waals surface area contributed by atoms with Crippen LogP contribution in [-0.4, -0.2) is 42.7 Å². The lowest BCUT2D eigenvalue weighted by atomic mass is 9.85. The van der Waals surface area contributed by atoms with E-state index in [0.717, 1.165) is 30.7 Å². The van der Waals surface area contributed by atoms with Gasteiger partial charge < -0.3 is 15.5 Å². The maximum absolute atomic E-state index is 5.62. The number of hydrogen-bond acceptors (Lipinski definition) is 2. The maximum Gasteiger partial charge on any atom is 0.169 e. The summed E-state index contributed by atoms with van der Waals surface area (Å²) in [4.78, 5) is 2.36. The molecule has 1 heterocycles. The number of nitrogens with one attached hydrogen (secondary N) is 2. The minimum atomic E-state index is 0.498. The lowest BCUT2D eigenvalue weighted by Crippen LogP contribution is -2.49. The molecule has 1 aliphatic carbocycles. The van der Waals surface area contributed by atoms with E-state index in [1.165, 1.54) is 57.8 Å². The van der Waals surface area contributed by atoms with Gasteiger partial charge in [-0.1, -0.05) is 32.1 Å². The second kappa shape index (κ2) is 8.83. The Bertz CT molecular complexity index is 283. The largest absolute Gasteiger partial charge is 0.359 e. The molecule has 0 aromatic carbocycles. The maximum atomic E-state index is 5.62. The minimum absolute atomic E-state index is 0.498. The molecule has 0 aromatic heterocycles. The molecule has 4 heteroatoms. The first-order chi connectivity index (χ1) is 9.79. The van der Waals surface area contributed by atoms with E-state index in [1.54, 1.807) is 0 Å². The van der Waals surface area contributed by atoms with E-state index in [4.69, 9.17) is 12.2 Å². The van der Waals surface area contributed by atoms with Gasteiger partial charge in [-0.05, 0) is 50.9 Å². The molecule has 3 nitrogen and oxygen atoms in total. The molecule has 0 bridgehead atoms. The molecule has 2 fully saturated rings. The molecule has 0 unspecified atom stereocenters. The Morgan fingerprint density at radius 3 is 2.40 bits per heavy atom. The Labute approximate surface area is 129 Å². The van der Waals surface area contributed by atoms with Gasteiger partial charge in [0.2, 0.25) is 0 Å². The summed E-state index contributed by atoms with van der Waals surface area (Å²) >= 11 is 5.62. The molecular formula is C16H31N3S. The number of rotatable bonds is 5. The van der Waals surface area contributed by atoms with E-state index in [-0.39, 0.29) is 0 Å². The zero-order valence-electron chi connectivity index (χ0n) is 13.0. The summed E-state index contributed by atoms with van der Waals surface area (Å²) < 4.78 is 0. The molecule has 0 spiro atoms. The van der Waals surface area contributed by atoms with Gasteiger partial charge in [-0.2, -0.15) is 0 Å². The normalized spacial score (nSPS) is 22.6. The van der Waals surface area contributed by atoms with E-state index >= 15 is 0 Å². The molecule has 20 heavy (non-hydrogen) atoms. The van der Waals surface area contributed by atoms with E-state index in [9.17, 15) is 0 Å². The van der Waals surface area contributed by atoms with Crippen molar-refractivity contribution in [2.24, 2.45) is 5.92 Å². The van der Waals surface area contributed by atoms with Gasteiger partial charge in [0.25, 0.3) is 0 Å². The number of piperidine rings is 1. The summed E-state index contributed by atoms with van der Waals surface area (Å²) in [5, 5.41) is 7.94. The first-order valence-corrected chi connectivity index (χ1v) is 8.90. The SMILES string of the molecule is CNC[C@H](CC1CCCCC1)NC(=S)N1CCCCC1. The molecule has 1 saturated heterocycles. The van der Waals surface area contributed by atoms with Crippen molar-refractivity contribution < 1.29 is 0 Å². The van der Waals surface area contributed by atoms with Crippen LogP contribution in [-0.2, 0) is 0 Å². The Hall–Kier alpha value is -0.350. The first-order valence-electron chi connectivity index (χ1n) is 8.49. The van der Waals surface area contributed by atoms with Gasteiger partial charge in [-0.15, -0.1) is 0 Å². The van der Waals surface area contributed by atoms with Crippen LogP contribution in [0.4, 0.5) is 0 Å². The third-order valence-corrected chi connectivity index (χ3v) is 5.14. The van der Waals surface area contributed by atoms with Crippen molar-refractivity contribution in [2.45, 2.75) is 63.8 Å². The van der Waals surface area contributed by atoms with Crippen LogP contribution in [0, 0.1) is 5.92 Å². The average Bonchev–Trinajstić information content (AvgIpc) is 2.49. The van der Waals surface area contributed by atoms with Crippen LogP contribution in [0.25, 0.3) is 0 Å². The minimum Gasteiger partial charge on any atom is -0.359 e. The summed E-state index contributed by atoms with van der Waals surface area (Å²) in [6, 6.07) is 0.498. The third-order valence-electron chi connectivity index (χ3n) is 4.76. The van der Waals surface area contributed by atoms with E-state index < -0.39 is 0 Å². The molecular weight excluding hydrogens is 266 g/mol. The van der Waals surface area contributed by atoms with Crippen molar-refractivity contribution in [2.75, 3.05) is 26.7 Å². The monoisotopic (exact) mass is 297 g/mol. The van der Waals surface area contributed by atoms with Crippen molar-refractivity contribution in [3.8, 4) is 0 Å². The van der Waals surface area contributed by atoms with Gasteiger partial charge in [-0.3, -0.25) is 0 Å². The summed E-state index contributed by atoms with van der Waals surface area (Å²) in [7, 11) is 2.04. The molecule has 1 aliphatic heterocycles. The smallest absolute Gasteiger partial charge is 0.169 e. The standard InChI is InChI=1S/C16H31N3S/c1-17-13-15(12-14-8-4-2-5-9-14)18-16(20)19-10-6-3-7-11-19/h14-15,17H,2-13H2,1H3,(H,18,20)/t15-/m0/s1. The van der Waals surface area contributed by atoms with Gasteiger partial charge in [0.1, 0.15) is 0 Å². The molecule has 0 aromatic rings. The van der Waals surface area contributed by atoms with Gasteiger partial charge >= 0.3 is 0 Å². The zero-order chi connectivity index (χ0) is 14.2. The lowest BCUT2D eigenvalue weighted by Gasteiger charge is -2.33. The van der Waals surface area contributed by atoms with Crippen LogP contribution in [0.1, 0.15) is 57.8 Å². The first kappa shape index (κ1) is 16.0. The molecule has 0 amide bonds. The molecule has 2 N–H and O–H groups in total. The molecule has 116 valence electrons. The second-order valence-corrected chi connectivity index (χ2v) is 6.88. The molecule has 2 rings (SSSR count). The van der Waals surface area contributed by atoms with Gasteiger partial charge in [0.15, 0.2) is 5.11 Å². The predicted molar refractivity (Wildman–Crippen MR) is 90.1 cm³/mol. The van der Waals surface area contributed by atoms with E-state index in [2.05, 4.69) is 15.5 Å². The molecule has 1 saturated carbocycles.